The lowest BCUT2D eigenvalue weighted by molar-refractivity contribution is 0.0960. The highest BCUT2D eigenvalue weighted by atomic mass is 16.3. The number of phenolic OH excluding ortho intramolecular Hbond substituents is 2. The fraction of sp³-hybridized carbons (Fsp3) is 0.200. The number of rotatable bonds is 1. The number of hydrogen-bond acceptors (Lipinski definition) is 7. The fourth-order valence-corrected chi connectivity index (χ4v) is 3.14. The van der Waals surface area contributed by atoms with Crippen molar-refractivity contribution in [2.24, 2.45) is 0 Å². The normalized spacial score (nSPS) is 17.4. The summed E-state index contributed by atoms with van der Waals surface area (Å²) in [5.74, 6) is -0.102. The molecule has 2 aromatic heterocycles. The third-order valence-corrected chi connectivity index (χ3v) is 4.18. The van der Waals surface area contributed by atoms with Gasteiger partial charge in [-0.3, -0.25) is 4.79 Å². The van der Waals surface area contributed by atoms with Gasteiger partial charge < -0.3 is 20.5 Å². The Morgan fingerprint density at radius 3 is 2.78 bits per heavy atom. The molecular weight excluding hydrogens is 298 g/mol. The maximum Gasteiger partial charge on any atom is 0.167 e. The molecule has 0 saturated carbocycles. The quantitative estimate of drug-likeness (QED) is 0.579. The zero-order chi connectivity index (χ0) is 16.1. The Morgan fingerprint density at radius 1 is 1.17 bits per heavy atom. The molecule has 0 saturated heterocycles. The second kappa shape index (κ2) is 4.67. The summed E-state index contributed by atoms with van der Waals surface area (Å²) in [5.41, 5.74) is 7.33. The van der Waals surface area contributed by atoms with Gasteiger partial charge in [0, 0.05) is 12.0 Å². The molecule has 1 atom stereocenters. The van der Waals surface area contributed by atoms with E-state index in [-0.39, 0.29) is 41.1 Å². The molecule has 1 aromatic carbocycles. The number of aromatic hydroxyl groups is 2. The number of nitrogen functional groups attached to an aromatic ring is 1. The number of hydrogen-bond donors (Lipinski definition) is 3. The third-order valence-electron chi connectivity index (χ3n) is 4.18. The molecule has 2 heterocycles. The average molecular weight is 311 g/mol. The number of Topliss-reactive ketones (excluding diaryl/α,β-unsaturated/α-hetero) is 1. The van der Waals surface area contributed by atoms with Gasteiger partial charge in [-0.2, -0.15) is 0 Å². The van der Waals surface area contributed by atoms with E-state index in [0.717, 1.165) is 0 Å². The van der Waals surface area contributed by atoms with Crippen molar-refractivity contribution >= 4 is 22.8 Å². The molecule has 4 rings (SSSR count). The Hall–Kier alpha value is -3.16. The minimum absolute atomic E-state index is 0.0419. The molecule has 4 N–H and O–H groups in total. The van der Waals surface area contributed by atoms with Crippen molar-refractivity contribution in [2.45, 2.75) is 18.9 Å². The minimum Gasteiger partial charge on any atom is -0.508 e. The lowest BCUT2D eigenvalue weighted by Crippen LogP contribution is -2.21. The first-order valence-corrected chi connectivity index (χ1v) is 7.09. The Bertz CT molecular complexity index is 950. The van der Waals surface area contributed by atoms with Crippen LogP contribution in [0.1, 0.15) is 34.8 Å². The molecule has 23 heavy (non-hydrogen) atoms. The van der Waals surface area contributed by atoms with Crippen molar-refractivity contribution in [3.05, 3.63) is 35.9 Å². The predicted octanol–water partition coefficient (Wildman–Crippen LogP) is 1.39. The van der Waals surface area contributed by atoms with Crippen LogP contribution in [0, 0.1) is 0 Å². The lowest BCUT2D eigenvalue weighted by atomic mass is 9.85. The zero-order valence-corrected chi connectivity index (χ0v) is 12.0. The number of fused-ring (bicyclic) bond motifs is 2. The van der Waals surface area contributed by atoms with E-state index in [1.807, 2.05) is 0 Å². The van der Waals surface area contributed by atoms with Gasteiger partial charge in [-0.25, -0.2) is 15.0 Å². The van der Waals surface area contributed by atoms with Gasteiger partial charge in [0.05, 0.1) is 17.9 Å². The van der Waals surface area contributed by atoms with Gasteiger partial charge in [-0.05, 0) is 18.6 Å². The Labute approximate surface area is 130 Å². The monoisotopic (exact) mass is 311 g/mol. The number of nitrogens with two attached hydrogens (primary N) is 1. The molecule has 0 spiro atoms. The van der Waals surface area contributed by atoms with Crippen LogP contribution in [0.2, 0.25) is 0 Å². The van der Waals surface area contributed by atoms with E-state index in [0.29, 0.717) is 23.1 Å². The number of aromatic nitrogens is 4. The van der Waals surface area contributed by atoms with Crippen LogP contribution in [0.4, 0.5) is 5.82 Å². The number of benzene rings is 1. The molecule has 116 valence electrons. The molecule has 0 fully saturated rings. The van der Waals surface area contributed by atoms with Crippen molar-refractivity contribution in [1.82, 2.24) is 19.5 Å². The summed E-state index contributed by atoms with van der Waals surface area (Å²) in [7, 11) is 0. The highest BCUT2D eigenvalue weighted by Crippen LogP contribution is 2.42. The maximum atomic E-state index is 12.1. The van der Waals surface area contributed by atoms with Gasteiger partial charge in [-0.15, -0.1) is 0 Å². The van der Waals surface area contributed by atoms with Gasteiger partial charge in [0.1, 0.15) is 23.3 Å². The zero-order valence-electron chi connectivity index (χ0n) is 12.0. The van der Waals surface area contributed by atoms with Gasteiger partial charge >= 0.3 is 0 Å². The molecule has 0 radical (unpaired) electrons. The molecule has 1 aliphatic rings. The number of phenols is 2. The number of carbonyl (C=O) groups excluding carboxylic acids is 1. The van der Waals surface area contributed by atoms with Crippen LogP contribution in [0.5, 0.6) is 11.5 Å². The van der Waals surface area contributed by atoms with Crippen LogP contribution >= 0.6 is 0 Å². The van der Waals surface area contributed by atoms with Crippen LogP contribution in [0.3, 0.4) is 0 Å². The second-order valence-corrected chi connectivity index (χ2v) is 5.45. The Kier molecular flexibility index (Phi) is 2.74. The summed E-state index contributed by atoms with van der Waals surface area (Å²) in [5, 5.41) is 20.3. The smallest absolute Gasteiger partial charge is 0.167 e. The highest BCUT2D eigenvalue weighted by Gasteiger charge is 2.33. The van der Waals surface area contributed by atoms with E-state index < -0.39 is 0 Å². The molecule has 3 aromatic rings. The van der Waals surface area contributed by atoms with Crippen LogP contribution < -0.4 is 5.73 Å². The van der Waals surface area contributed by atoms with E-state index in [1.54, 1.807) is 10.9 Å². The Balaban J connectivity index is 1.98. The van der Waals surface area contributed by atoms with E-state index in [2.05, 4.69) is 15.0 Å². The van der Waals surface area contributed by atoms with Gasteiger partial charge in [-0.1, -0.05) is 0 Å². The van der Waals surface area contributed by atoms with Crippen LogP contribution in [0.15, 0.2) is 24.8 Å². The fourth-order valence-electron chi connectivity index (χ4n) is 3.14. The molecule has 0 aliphatic heterocycles. The van der Waals surface area contributed by atoms with Crippen molar-refractivity contribution in [3.8, 4) is 11.5 Å². The largest absolute Gasteiger partial charge is 0.508 e. The summed E-state index contributed by atoms with van der Waals surface area (Å²) >= 11 is 0. The standard InChI is InChI=1S/C15H13N5O3/c16-14-13-15(18-5-17-14)20(6-19-13)7-1-2-9(22)12-10(23)4-3-8(21)11(7)12/h3-7,21,23H,1-2H2,(H2,16,17,18). The second-order valence-electron chi connectivity index (χ2n) is 5.45. The molecule has 0 amide bonds. The first-order valence-electron chi connectivity index (χ1n) is 7.09. The minimum atomic E-state index is -0.367. The number of nitrogens with zero attached hydrogens (tertiary/aromatic N) is 4. The van der Waals surface area contributed by atoms with Gasteiger partial charge in [0.15, 0.2) is 17.2 Å². The molecule has 1 unspecified atom stereocenters. The number of anilines is 1. The van der Waals surface area contributed by atoms with Crippen LogP contribution in [-0.2, 0) is 0 Å². The SMILES string of the molecule is Nc1ncnc2c1ncn2C1CCC(=O)c2c(O)ccc(O)c21. The first-order chi connectivity index (χ1) is 11.1. The third kappa shape index (κ3) is 1.84. The first kappa shape index (κ1) is 13.5. The number of imidazole rings is 1. The average Bonchev–Trinajstić information content (AvgIpc) is 2.96. The molecule has 8 nitrogen and oxygen atoms in total. The van der Waals surface area contributed by atoms with E-state index >= 15 is 0 Å². The number of ketones is 1. The van der Waals surface area contributed by atoms with E-state index in [1.165, 1.54) is 18.5 Å². The van der Waals surface area contributed by atoms with E-state index in [9.17, 15) is 15.0 Å². The van der Waals surface area contributed by atoms with Gasteiger partial charge in [0.25, 0.3) is 0 Å². The van der Waals surface area contributed by atoms with Crippen LogP contribution in [-0.4, -0.2) is 35.5 Å². The molecule has 8 heteroatoms. The summed E-state index contributed by atoms with van der Waals surface area (Å²) in [4.78, 5) is 24.5. The summed E-state index contributed by atoms with van der Waals surface area (Å²) in [6, 6.07) is 2.33. The molecule has 1 aliphatic carbocycles. The van der Waals surface area contributed by atoms with Crippen molar-refractivity contribution in [3.63, 3.8) is 0 Å². The van der Waals surface area contributed by atoms with Crippen molar-refractivity contribution < 1.29 is 15.0 Å². The molecule has 0 bridgehead atoms. The number of carbonyl (C=O) groups is 1. The van der Waals surface area contributed by atoms with Crippen molar-refractivity contribution in [1.29, 1.82) is 0 Å². The highest BCUT2D eigenvalue weighted by molar-refractivity contribution is 6.02. The summed E-state index contributed by atoms with van der Waals surface area (Å²) in [6.07, 6.45) is 3.63. The van der Waals surface area contributed by atoms with Crippen LogP contribution in [0.25, 0.3) is 11.2 Å². The maximum absolute atomic E-state index is 12.1. The van der Waals surface area contributed by atoms with E-state index in [4.69, 9.17) is 5.73 Å². The summed E-state index contributed by atoms with van der Waals surface area (Å²) < 4.78 is 1.75. The summed E-state index contributed by atoms with van der Waals surface area (Å²) in [6.45, 7) is 0. The Morgan fingerprint density at radius 2 is 1.96 bits per heavy atom. The molecular formula is C15H13N5O3. The topological polar surface area (TPSA) is 127 Å². The van der Waals surface area contributed by atoms with Gasteiger partial charge in [0.2, 0.25) is 0 Å². The lowest BCUT2D eigenvalue weighted by Gasteiger charge is -2.27. The van der Waals surface area contributed by atoms with Crippen molar-refractivity contribution in [2.75, 3.05) is 5.73 Å². The predicted molar refractivity (Wildman–Crippen MR) is 81.2 cm³/mol.